The van der Waals surface area contributed by atoms with Crippen molar-refractivity contribution >= 4 is 28.8 Å². The summed E-state index contributed by atoms with van der Waals surface area (Å²) in [5, 5.41) is 3.06. The number of imidazole rings is 1. The first-order valence-corrected chi connectivity index (χ1v) is 11.0. The Bertz CT molecular complexity index is 1060. The Morgan fingerprint density at radius 3 is 2.71 bits per heavy atom. The van der Waals surface area contributed by atoms with Crippen LogP contribution >= 0.6 is 0 Å². The first-order valence-electron chi connectivity index (χ1n) is 11.0. The molecule has 2 aromatic heterocycles. The number of nitrogens with zero attached hydrogens (tertiary/aromatic N) is 4. The molecule has 0 spiro atoms. The van der Waals surface area contributed by atoms with Gasteiger partial charge in [0.05, 0.1) is 17.0 Å². The average Bonchev–Trinajstić information content (AvgIpc) is 3.14. The molecule has 1 aromatic carbocycles. The number of carbonyl (C=O) groups excluding carboxylic acids is 2. The molecule has 2 amide bonds. The summed E-state index contributed by atoms with van der Waals surface area (Å²) in [5.41, 5.74) is 2.50. The van der Waals surface area contributed by atoms with Crippen LogP contribution in [0.3, 0.4) is 0 Å². The maximum Gasteiger partial charge on any atom is 0.253 e. The molecule has 0 saturated carbocycles. The van der Waals surface area contributed by atoms with Crippen molar-refractivity contribution in [3.05, 3.63) is 54.4 Å². The molecule has 3 aromatic rings. The third kappa shape index (κ3) is 4.76. The number of pyridine rings is 1. The number of anilines is 1. The normalized spacial score (nSPS) is 16.6. The van der Waals surface area contributed by atoms with Crippen LogP contribution in [0.25, 0.3) is 11.0 Å². The highest BCUT2D eigenvalue weighted by Gasteiger charge is 2.29. The topological polar surface area (TPSA) is 80.1 Å². The molecule has 1 N–H and O–H groups in total. The van der Waals surface area contributed by atoms with Crippen molar-refractivity contribution in [1.82, 2.24) is 19.4 Å². The van der Waals surface area contributed by atoms with Gasteiger partial charge in [-0.1, -0.05) is 26.0 Å². The third-order valence-electron chi connectivity index (χ3n) is 5.83. The smallest absolute Gasteiger partial charge is 0.253 e. The summed E-state index contributed by atoms with van der Waals surface area (Å²) in [6.45, 7) is 6.25. The molecular formula is C24H29N5O2. The highest BCUT2D eigenvalue weighted by atomic mass is 16.2. The molecule has 0 radical (unpaired) electrons. The number of carbonyl (C=O) groups is 2. The number of aryl methyl sites for hydroxylation is 1. The quantitative estimate of drug-likeness (QED) is 0.656. The summed E-state index contributed by atoms with van der Waals surface area (Å²) in [6.07, 6.45) is 5.80. The molecule has 3 heterocycles. The van der Waals surface area contributed by atoms with Crippen molar-refractivity contribution in [3.8, 4) is 0 Å². The van der Waals surface area contributed by atoms with E-state index >= 15 is 0 Å². The second-order valence-corrected chi connectivity index (χ2v) is 8.57. The highest BCUT2D eigenvalue weighted by molar-refractivity contribution is 5.96. The summed E-state index contributed by atoms with van der Waals surface area (Å²) in [6, 6.07) is 11.4. The van der Waals surface area contributed by atoms with Gasteiger partial charge in [-0.15, -0.1) is 0 Å². The van der Waals surface area contributed by atoms with Crippen molar-refractivity contribution in [1.29, 1.82) is 0 Å². The van der Waals surface area contributed by atoms with Gasteiger partial charge in [0.15, 0.2) is 0 Å². The Kier molecular flexibility index (Phi) is 6.30. The molecule has 4 rings (SSSR count). The van der Waals surface area contributed by atoms with Gasteiger partial charge in [0.25, 0.3) is 5.91 Å². The Hall–Kier alpha value is -3.22. The maximum atomic E-state index is 13.1. The van der Waals surface area contributed by atoms with E-state index in [1.165, 1.54) is 0 Å². The van der Waals surface area contributed by atoms with E-state index in [9.17, 15) is 9.59 Å². The van der Waals surface area contributed by atoms with Gasteiger partial charge in [-0.25, -0.2) is 4.98 Å². The van der Waals surface area contributed by atoms with Crippen LogP contribution in [0, 0.1) is 11.8 Å². The zero-order valence-electron chi connectivity index (χ0n) is 18.1. The molecule has 1 aliphatic heterocycles. The van der Waals surface area contributed by atoms with Gasteiger partial charge in [0, 0.05) is 37.6 Å². The summed E-state index contributed by atoms with van der Waals surface area (Å²) in [5.74, 6) is 0.760. The lowest BCUT2D eigenvalue weighted by Gasteiger charge is -2.32. The first-order chi connectivity index (χ1) is 15.0. The number of benzene rings is 1. The van der Waals surface area contributed by atoms with E-state index in [1.54, 1.807) is 29.4 Å². The van der Waals surface area contributed by atoms with E-state index in [4.69, 9.17) is 0 Å². The molecule has 0 bridgehead atoms. The highest BCUT2D eigenvalue weighted by Crippen LogP contribution is 2.24. The lowest BCUT2D eigenvalue weighted by Crippen LogP contribution is -2.44. The molecule has 31 heavy (non-hydrogen) atoms. The van der Waals surface area contributed by atoms with Crippen LogP contribution < -0.4 is 5.32 Å². The second-order valence-electron chi connectivity index (χ2n) is 8.57. The first kappa shape index (κ1) is 21.0. The fraction of sp³-hybridized carbons (Fsp3) is 0.417. The molecule has 1 unspecified atom stereocenters. The molecule has 7 nitrogen and oxygen atoms in total. The Morgan fingerprint density at radius 2 is 1.94 bits per heavy atom. The van der Waals surface area contributed by atoms with Gasteiger partial charge < -0.3 is 9.47 Å². The minimum absolute atomic E-state index is 0.0518. The Labute approximate surface area is 182 Å². The van der Waals surface area contributed by atoms with Crippen molar-refractivity contribution in [2.24, 2.45) is 11.8 Å². The molecule has 162 valence electrons. The zero-order valence-corrected chi connectivity index (χ0v) is 18.1. The van der Waals surface area contributed by atoms with Gasteiger partial charge in [0.2, 0.25) is 11.9 Å². The number of hydrogen-bond acceptors (Lipinski definition) is 4. The van der Waals surface area contributed by atoms with E-state index in [0.29, 0.717) is 30.5 Å². The molecular weight excluding hydrogens is 390 g/mol. The van der Waals surface area contributed by atoms with Crippen LogP contribution in [0.2, 0.25) is 0 Å². The van der Waals surface area contributed by atoms with Gasteiger partial charge in [-0.2, -0.15) is 0 Å². The molecule has 1 aliphatic rings. The fourth-order valence-corrected chi connectivity index (χ4v) is 4.05. The summed E-state index contributed by atoms with van der Waals surface area (Å²) in [7, 11) is 0. The SMILES string of the molecule is CC(C)CCn1c(NC(=O)C2CCCN(C(=O)c3ccncc3)C2)nc2ccccc21. The lowest BCUT2D eigenvalue weighted by atomic mass is 9.96. The van der Waals surface area contributed by atoms with Crippen molar-refractivity contribution in [2.45, 2.75) is 39.7 Å². The lowest BCUT2D eigenvalue weighted by molar-refractivity contribution is -0.121. The van der Waals surface area contributed by atoms with Gasteiger partial charge >= 0.3 is 0 Å². The molecule has 7 heteroatoms. The maximum absolute atomic E-state index is 13.1. The third-order valence-corrected chi connectivity index (χ3v) is 5.83. The predicted octanol–water partition coefficient (Wildman–Crippen LogP) is 3.97. The van der Waals surface area contributed by atoms with Crippen molar-refractivity contribution in [3.63, 3.8) is 0 Å². The van der Waals surface area contributed by atoms with Crippen LogP contribution in [0.4, 0.5) is 5.95 Å². The van der Waals surface area contributed by atoms with Crippen LogP contribution in [0.5, 0.6) is 0 Å². The van der Waals surface area contributed by atoms with Gasteiger partial charge in [-0.05, 0) is 49.4 Å². The number of nitrogens with one attached hydrogen (secondary N) is 1. The molecule has 1 saturated heterocycles. The van der Waals surface area contributed by atoms with Crippen molar-refractivity contribution < 1.29 is 9.59 Å². The van der Waals surface area contributed by atoms with E-state index in [2.05, 4.69) is 33.7 Å². The number of hydrogen-bond donors (Lipinski definition) is 1. The zero-order chi connectivity index (χ0) is 21.8. The van der Waals surface area contributed by atoms with Gasteiger partial charge in [0.1, 0.15) is 0 Å². The Morgan fingerprint density at radius 1 is 1.16 bits per heavy atom. The fourth-order valence-electron chi connectivity index (χ4n) is 4.05. The van der Waals surface area contributed by atoms with E-state index in [0.717, 1.165) is 36.8 Å². The summed E-state index contributed by atoms with van der Waals surface area (Å²) >= 11 is 0. The molecule has 1 atom stereocenters. The summed E-state index contributed by atoms with van der Waals surface area (Å²) in [4.78, 5) is 36.3. The number of likely N-dealkylation sites (tertiary alicyclic amines) is 1. The minimum Gasteiger partial charge on any atom is -0.338 e. The number of fused-ring (bicyclic) bond motifs is 1. The largest absolute Gasteiger partial charge is 0.338 e. The Balaban J connectivity index is 1.49. The number of rotatable bonds is 6. The molecule has 0 aliphatic carbocycles. The van der Waals surface area contributed by atoms with Crippen LogP contribution in [0.15, 0.2) is 48.8 Å². The number of para-hydroxylation sites is 2. The van der Waals surface area contributed by atoms with E-state index in [-0.39, 0.29) is 17.7 Å². The standard InChI is InChI=1S/C24H29N5O2/c1-17(2)11-15-29-21-8-4-3-7-20(21)26-24(29)27-22(30)19-6-5-14-28(16-19)23(31)18-9-12-25-13-10-18/h3-4,7-10,12-13,17,19H,5-6,11,14-16H2,1-2H3,(H,26,27,30). The molecule has 1 fully saturated rings. The van der Waals surface area contributed by atoms with Gasteiger partial charge in [-0.3, -0.25) is 19.9 Å². The minimum atomic E-state index is -0.252. The van der Waals surface area contributed by atoms with Crippen LogP contribution in [-0.4, -0.2) is 44.3 Å². The van der Waals surface area contributed by atoms with E-state index < -0.39 is 0 Å². The number of aromatic nitrogens is 3. The summed E-state index contributed by atoms with van der Waals surface area (Å²) < 4.78 is 2.09. The van der Waals surface area contributed by atoms with Crippen LogP contribution in [-0.2, 0) is 11.3 Å². The number of piperidine rings is 1. The monoisotopic (exact) mass is 419 g/mol. The second kappa shape index (κ2) is 9.29. The number of amides is 2. The average molecular weight is 420 g/mol. The van der Waals surface area contributed by atoms with Crippen LogP contribution in [0.1, 0.15) is 43.5 Å². The van der Waals surface area contributed by atoms with Crippen molar-refractivity contribution in [2.75, 3.05) is 18.4 Å². The predicted molar refractivity (Wildman–Crippen MR) is 121 cm³/mol. The van der Waals surface area contributed by atoms with E-state index in [1.807, 2.05) is 24.3 Å².